The Morgan fingerprint density at radius 3 is 2.46 bits per heavy atom. The molecule has 0 aliphatic rings. The molecule has 2 rings (SSSR count). The minimum atomic E-state index is -0.339. The van der Waals surface area contributed by atoms with Crippen LogP contribution in [0.4, 0.5) is 10.1 Å². The van der Waals surface area contributed by atoms with E-state index in [9.17, 15) is 9.18 Å². The first kappa shape index (κ1) is 20.3. The van der Waals surface area contributed by atoms with Gasteiger partial charge in [-0.2, -0.15) is 11.8 Å². The highest BCUT2D eigenvalue weighted by Crippen LogP contribution is 2.23. The minimum absolute atomic E-state index is 0.0381. The average Bonchev–Trinajstić information content (AvgIpc) is 2.58. The van der Waals surface area contributed by atoms with Gasteiger partial charge < -0.3 is 10.1 Å². The highest BCUT2D eigenvalue weighted by molar-refractivity contribution is 7.98. The van der Waals surface area contributed by atoms with Gasteiger partial charge in [0, 0.05) is 17.9 Å². The van der Waals surface area contributed by atoms with Gasteiger partial charge in [0.2, 0.25) is 5.91 Å². The van der Waals surface area contributed by atoms with Crippen LogP contribution < -0.4 is 10.1 Å². The molecule has 5 heteroatoms. The third-order valence-electron chi connectivity index (χ3n) is 4.12. The zero-order valence-electron chi connectivity index (χ0n) is 15.8. The average molecular weight is 376 g/mol. The van der Waals surface area contributed by atoms with Crippen LogP contribution >= 0.6 is 11.8 Å². The first-order valence-electron chi connectivity index (χ1n) is 8.68. The van der Waals surface area contributed by atoms with Crippen molar-refractivity contribution in [3.8, 4) is 5.75 Å². The molecule has 3 nitrogen and oxygen atoms in total. The summed E-state index contributed by atoms with van der Waals surface area (Å²) in [6.07, 6.45) is 1.27. The minimum Gasteiger partial charge on any atom is -0.494 e. The summed E-state index contributed by atoms with van der Waals surface area (Å²) in [5.41, 5.74) is 5.22. The Balaban J connectivity index is 1.73. The molecule has 140 valence electrons. The van der Waals surface area contributed by atoms with Crippen LogP contribution in [0.5, 0.6) is 5.75 Å². The van der Waals surface area contributed by atoms with E-state index in [0.717, 1.165) is 40.3 Å². The van der Waals surface area contributed by atoms with Crippen molar-refractivity contribution in [2.24, 2.45) is 0 Å². The summed E-state index contributed by atoms with van der Waals surface area (Å²) >= 11 is 1.70. The van der Waals surface area contributed by atoms with Crippen molar-refractivity contribution in [3.63, 3.8) is 0 Å². The molecule has 0 unspecified atom stereocenters. The summed E-state index contributed by atoms with van der Waals surface area (Å²) in [6, 6.07) is 9.16. The normalized spacial score (nSPS) is 10.7. The Kier molecular flexibility index (Phi) is 7.51. The van der Waals surface area contributed by atoms with Gasteiger partial charge in [-0.3, -0.25) is 4.79 Å². The van der Waals surface area contributed by atoms with Gasteiger partial charge in [-0.1, -0.05) is 23.8 Å². The maximum atomic E-state index is 13.6. The lowest BCUT2D eigenvalue weighted by molar-refractivity contribution is -0.116. The number of thioether (sulfide) groups is 1. The number of hydrogen-bond donors (Lipinski definition) is 1. The van der Waals surface area contributed by atoms with Gasteiger partial charge in [-0.25, -0.2) is 4.39 Å². The van der Waals surface area contributed by atoms with E-state index in [1.165, 1.54) is 18.7 Å². The van der Waals surface area contributed by atoms with Crippen molar-refractivity contribution >= 4 is 23.4 Å². The molecule has 0 aliphatic heterocycles. The van der Waals surface area contributed by atoms with Gasteiger partial charge in [0.05, 0.1) is 7.11 Å². The van der Waals surface area contributed by atoms with Crippen molar-refractivity contribution in [3.05, 3.63) is 58.4 Å². The number of amides is 1. The predicted octanol–water partition coefficient (Wildman–Crippen LogP) is 5.41. The van der Waals surface area contributed by atoms with Crippen molar-refractivity contribution in [2.45, 2.75) is 39.4 Å². The smallest absolute Gasteiger partial charge is 0.224 e. The van der Waals surface area contributed by atoms with Crippen LogP contribution in [0.3, 0.4) is 0 Å². The molecule has 0 fully saturated rings. The maximum absolute atomic E-state index is 13.6. The number of nitrogens with one attached hydrogen (secondary N) is 1. The van der Waals surface area contributed by atoms with Crippen LogP contribution in [0.25, 0.3) is 0 Å². The van der Waals surface area contributed by atoms with E-state index in [4.69, 9.17) is 4.74 Å². The van der Waals surface area contributed by atoms with Crippen LogP contribution in [0.1, 0.15) is 35.1 Å². The number of benzene rings is 2. The number of methoxy groups -OCH3 is 1. The van der Waals surface area contributed by atoms with Crippen LogP contribution in [-0.4, -0.2) is 18.8 Å². The van der Waals surface area contributed by atoms with Crippen LogP contribution in [0.2, 0.25) is 0 Å². The Hall–Kier alpha value is -2.01. The maximum Gasteiger partial charge on any atom is 0.224 e. The van der Waals surface area contributed by atoms with E-state index in [0.29, 0.717) is 6.42 Å². The fourth-order valence-corrected chi connectivity index (χ4v) is 3.81. The van der Waals surface area contributed by atoms with Gasteiger partial charge in [-0.05, 0) is 61.8 Å². The number of halogens is 1. The molecular formula is C21H26FNO2S. The number of rotatable bonds is 8. The Bertz CT molecular complexity index is 754. The lowest BCUT2D eigenvalue weighted by atomic mass is 10.0. The van der Waals surface area contributed by atoms with E-state index >= 15 is 0 Å². The predicted molar refractivity (Wildman–Crippen MR) is 108 cm³/mol. The molecule has 1 N–H and O–H groups in total. The fourth-order valence-electron chi connectivity index (χ4n) is 2.90. The summed E-state index contributed by atoms with van der Waals surface area (Å²) in [6.45, 7) is 6.08. The van der Waals surface area contributed by atoms with E-state index in [-0.39, 0.29) is 17.5 Å². The zero-order valence-corrected chi connectivity index (χ0v) is 16.6. The Labute approximate surface area is 159 Å². The van der Waals surface area contributed by atoms with Crippen LogP contribution in [0.15, 0.2) is 30.3 Å². The molecule has 0 aromatic heterocycles. The molecule has 0 heterocycles. The first-order valence-corrected chi connectivity index (χ1v) is 9.84. The van der Waals surface area contributed by atoms with Crippen LogP contribution in [-0.2, 0) is 10.5 Å². The highest BCUT2D eigenvalue weighted by atomic mass is 32.2. The second-order valence-electron chi connectivity index (χ2n) is 6.45. The van der Waals surface area contributed by atoms with Gasteiger partial charge in [0.15, 0.2) is 11.6 Å². The molecule has 2 aromatic rings. The molecular weight excluding hydrogens is 349 g/mol. The van der Waals surface area contributed by atoms with Gasteiger partial charge in [0.1, 0.15) is 0 Å². The third kappa shape index (κ3) is 5.77. The number of aryl methyl sites for hydroxylation is 3. The van der Waals surface area contributed by atoms with Crippen molar-refractivity contribution in [2.75, 3.05) is 18.2 Å². The monoisotopic (exact) mass is 375 g/mol. The van der Waals surface area contributed by atoms with Gasteiger partial charge >= 0.3 is 0 Å². The number of hydrogen-bond acceptors (Lipinski definition) is 3. The Morgan fingerprint density at radius 1 is 1.15 bits per heavy atom. The molecule has 0 atom stereocenters. The lowest BCUT2D eigenvalue weighted by Gasteiger charge is -2.12. The zero-order chi connectivity index (χ0) is 19.1. The van der Waals surface area contributed by atoms with Crippen molar-refractivity contribution in [1.29, 1.82) is 0 Å². The standard InChI is InChI=1S/C21H26FNO2S/c1-14-10-15(2)21(16(3)11-14)23-20(24)6-5-9-26-13-17-7-8-19(25-4)18(22)12-17/h7-8,10-12H,5-6,9,13H2,1-4H3,(H,23,24). The number of carbonyl (C=O) groups is 1. The van der Waals surface area contributed by atoms with Crippen molar-refractivity contribution < 1.29 is 13.9 Å². The molecule has 1 amide bonds. The highest BCUT2D eigenvalue weighted by Gasteiger charge is 2.08. The summed E-state index contributed by atoms with van der Waals surface area (Å²) in [5, 5.41) is 3.02. The number of anilines is 1. The summed E-state index contributed by atoms with van der Waals surface area (Å²) in [5.74, 6) is 1.54. The van der Waals surface area contributed by atoms with Crippen molar-refractivity contribution in [1.82, 2.24) is 0 Å². The topological polar surface area (TPSA) is 38.3 Å². The molecule has 0 aliphatic carbocycles. The largest absolute Gasteiger partial charge is 0.494 e. The SMILES string of the molecule is COc1ccc(CSCCCC(=O)Nc2c(C)cc(C)cc2C)cc1F. The van der Waals surface area contributed by atoms with Gasteiger partial charge in [-0.15, -0.1) is 0 Å². The fraction of sp³-hybridized carbons (Fsp3) is 0.381. The molecule has 0 bridgehead atoms. The third-order valence-corrected chi connectivity index (χ3v) is 5.23. The molecule has 0 radical (unpaired) electrons. The van der Waals surface area contributed by atoms with E-state index in [2.05, 4.69) is 24.4 Å². The number of carbonyl (C=O) groups excluding carboxylic acids is 1. The van der Waals surface area contributed by atoms with Gasteiger partial charge in [0.25, 0.3) is 0 Å². The first-order chi connectivity index (χ1) is 12.4. The summed E-state index contributed by atoms with van der Waals surface area (Å²) in [4.78, 5) is 12.2. The quantitative estimate of drug-likeness (QED) is 0.627. The molecule has 26 heavy (non-hydrogen) atoms. The molecule has 0 saturated heterocycles. The second-order valence-corrected chi connectivity index (χ2v) is 7.55. The lowest BCUT2D eigenvalue weighted by Crippen LogP contribution is -2.13. The molecule has 2 aromatic carbocycles. The molecule has 0 saturated carbocycles. The molecule has 0 spiro atoms. The Morgan fingerprint density at radius 2 is 1.85 bits per heavy atom. The summed E-state index contributed by atoms with van der Waals surface area (Å²) < 4.78 is 18.6. The van der Waals surface area contributed by atoms with E-state index in [1.54, 1.807) is 17.8 Å². The summed E-state index contributed by atoms with van der Waals surface area (Å²) in [7, 11) is 1.46. The second kappa shape index (κ2) is 9.62. The van der Waals surface area contributed by atoms with E-state index < -0.39 is 0 Å². The number of ether oxygens (including phenoxy) is 1. The van der Waals surface area contributed by atoms with E-state index in [1.807, 2.05) is 19.9 Å². The van der Waals surface area contributed by atoms with Crippen LogP contribution in [0, 0.1) is 26.6 Å².